The van der Waals surface area contributed by atoms with Gasteiger partial charge in [0, 0.05) is 12.7 Å². The maximum atomic E-state index is 12.2. The predicted molar refractivity (Wildman–Crippen MR) is 79.3 cm³/mol. The number of fused-ring (bicyclic) bond motifs is 1. The van der Waals surface area contributed by atoms with E-state index in [0.29, 0.717) is 10.1 Å². The Morgan fingerprint density at radius 1 is 1.25 bits per heavy atom. The fourth-order valence-corrected chi connectivity index (χ4v) is 2.93. The Bertz CT molecular complexity index is 816. The zero-order chi connectivity index (χ0) is 14.3. The molecule has 0 aliphatic carbocycles. The van der Waals surface area contributed by atoms with Gasteiger partial charge in [0.2, 0.25) is 0 Å². The molecule has 0 N–H and O–H groups in total. The average Bonchev–Trinajstić information content (AvgIpc) is 2.84. The van der Waals surface area contributed by atoms with Crippen molar-refractivity contribution in [1.29, 1.82) is 0 Å². The third kappa shape index (κ3) is 2.14. The Hall–Kier alpha value is -2.01. The first-order valence-corrected chi connectivity index (χ1v) is 7.08. The van der Waals surface area contributed by atoms with Crippen LogP contribution in [0, 0.1) is 13.8 Å². The van der Waals surface area contributed by atoms with E-state index in [9.17, 15) is 4.79 Å². The van der Waals surface area contributed by atoms with Crippen LogP contribution in [0.3, 0.4) is 0 Å². The summed E-state index contributed by atoms with van der Waals surface area (Å²) in [4.78, 5) is 17.2. The smallest absolute Gasteiger partial charge is 0.264 e. The van der Waals surface area contributed by atoms with Crippen molar-refractivity contribution in [3.8, 4) is 0 Å². The van der Waals surface area contributed by atoms with Crippen molar-refractivity contribution >= 4 is 22.9 Å². The molecule has 0 spiro atoms. The van der Waals surface area contributed by atoms with Gasteiger partial charge in [0.05, 0.1) is 4.90 Å². The molecule has 3 rings (SSSR count). The summed E-state index contributed by atoms with van der Waals surface area (Å²) < 4.78 is 7.29. The fraction of sp³-hybridized carbons (Fsp3) is 0.200. The molecule has 0 saturated carbocycles. The number of aryl methyl sites for hydroxylation is 1. The molecule has 0 fully saturated rings. The number of aromatic nitrogens is 2. The molecule has 0 atom stereocenters. The van der Waals surface area contributed by atoms with E-state index in [4.69, 9.17) is 4.42 Å². The summed E-state index contributed by atoms with van der Waals surface area (Å²) >= 11 is 1.27. The number of hydrogen-bond donors (Lipinski definition) is 0. The summed E-state index contributed by atoms with van der Waals surface area (Å²) in [6.07, 6.45) is 0. The van der Waals surface area contributed by atoms with Crippen LogP contribution in [0.5, 0.6) is 0 Å². The van der Waals surface area contributed by atoms with Crippen LogP contribution in [0.1, 0.15) is 11.3 Å². The second kappa shape index (κ2) is 4.83. The quantitative estimate of drug-likeness (QED) is 0.725. The molecule has 0 bridgehead atoms. The third-order valence-electron chi connectivity index (χ3n) is 3.41. The minimum Gasteiger partial charge on any atom is -0.431 e. The van der Waals surface area contributed by atoms with Crippen LogP contribution in [0.15, 0.2) is 49.7 Å². The zero-order valence-corrected chi connectivity index (χ0v) is 12.3. The molecule has 0 aliphatic rings. The lowest BCUT2D eigenvalue weighted by molar-refractivity contribution is 0.489. The Morgan fingerprint density at radius 3 is 2.75 bits per heavy atom. The van der Waals surface area contributed by atoms with Crippen LogP contribution < -0.4 is 5.56 Å². The summed E-state index contributed by atoms with van der Waals surface area (Å²) in [6, 6.07) is 9.45. The van der Waals surface area contributed by atoms with Crippen molar-refractivity contribution in [3.05, 3.63) is 51.9 Å². The van der Waals surface area contributed by atoms with Crippen molar-refractivity contribution in [3.63, 3.8) is 0 Å². The molecule has 2 heterocycles. The molecule has 0 aliphatic heterocycles. The predicted octanol–water partition coefficient (Wildman–Crippen LogP) is 3.29. The van der Waals surface area contributed by atoms with Gasteiger partial charge in [-0.3, -0.25) is 4.79 Å². The van der Waals surface area contributed by atoms with E-state index in [0.717, 1.165) is 22.4 Å². The molecule has 3 aromatic rings. The van der Waals surface area contributed by atoms with E-state index in [1.165, 1.54) is 11.8 Å². The molecule has 5 heteroatoms. The molecular formula is C15H14N2O2S. The highest BCUT2D eigenvalue weighted by Crippen LogP contribution is 2.28. The number of hydrogen-bond acceptors (Lipinski definition) is 4. The van der Waals surface area contributed by atoms with Gasteiger partial charge in [-0.2, -0.15) is 0 Å². The molecule has 1 aromatic carbocycles. The molecule has 0 radical (unpaired) electrons. The highest BCUT2D eigenvalue weighted by Gasteiger charge is 2.12. The summed E-state index contributed by atoms with van der Waals surface area (Å²) in [5.74, 6) is 0. The lowest BCUT2D eigenvalue weighted by Crippen LogP contribution is -2.21. The van der Waals surface area contributed by atoms with E-state index in [1.54, 1.807) is 11.6 Å². The third-order valence-corrected chi connectivity index (χ3v) is 4.27. The first-order valence-electron chi connectivity index (χ1n) is 6.27. The van der Waals surface area contributed by atoms with Crippen LogP contribution in [0.25, 0.3) is 11.1 Å². The minimum atomic E-state index is -0.0274. The normalized spacial score (nSPS) is 11.2. The number of pyridine rings is 1. The van der Waals surface area contributed by atoms with Gasteiger partial charge in [0.15, 0.2) is 5.58 Å². The molecule has 4 nitrogen and oxygen atoms in total. The fourth-order valence-electron chi connectivity index (χ4n) is 2.01. The molecule has 20 heavy (non-hydrogen) atoms. The first-order chi connectivity index (χ1) is 9.56. The molecule has 0 amide bonds. The van der Waals surface area contributed by atoms with Gasteiger partial charge in [-0.1, -0.05) is 12.1 Å². The number of benzene rings is 1. The molecular weight excluding hydrogens is 272 g/mol. The Balaban J connectivity index is 2.05. The number of rotatable bonds is 2. The van der Waals surface area contributed by atoms with Crippen LogP contribution in [0.2, 0.25) is 0 Å². The van der Waals surface area contributed by atoms with Crippen LogP contribution in [-0.4, -0.2) is 9.55 Å². The van der Waals surface area contributed by atoms with Gasteiger partial charge in [0.1, 0.15) is 5.52 Å². The van der Waals surface area contributed by atoms with Gasteiger partial charge in [-0.25, -0.2) is 4.98 Å². The largest absolute Gasteiger partial charge is 0.431 e. The van der Waals surface area contributed by atoms with Crippen LogP contribution in [-0.2, 0) is 7.05 Å². The molecule has 102 valence electrons. The number of oxazole rings is 1. The van der Waals surface area contributed by atoms with Crippen molar-refractivity contribution < 1.29 is 4.42 Å². The second-order valence-corrected chi connectivity index (χ2v) is 5.68. The maximum Gasteiger partial charge on any atom is 0.264 e. The van der Waals surface area contributed by atoms with Crippen molar-refractivity contribution in [2.75, 3.05) is 0 Å². The van der Waals surface area contributed by atoms with Gasteiger partial charge >= 0.3 is 0 Å². The Morgan fingerprint density at radius 2 is 2.00 bits per heavy atom. The summed E-state index contributed by atoms with van der Waals surface area (Å²) in [5.41, 5.74) is 3.55. The highest BCUT2D eigenvalue weighted by molar-refractivity contribution is 7.99. The van der Waals surface area contributed by atoms with E-state index < -0.39 is 0 Å². The number of nitrogens with zero attached hydrogens (tertiary/aromatic N) is 2. The van der Waals surface area contributed by atoms with Crippen molar-refractivity contribution in [2.24, 2.45) is 7.05 Å². The monoisotopic (exact) mass is 286 g/mol. The van der Waals surface area contributed by atoms with Crippen molar-refractivity contribution in [2.45, 2.75) is 24.0 Å². The van der Waals surface area contributed by atoms with E-state index in [2.05, 4.69) is 4.98 Å². The van der Waals surface area contributed by atoms with Crippen molar-refractivity contribution in [1.82, 2.24) is 9.55 Å². The van der Waals surface area contributed by atoms with Gasteiger partial charge in [-0.15, -0.1) is 0 Å². The average molecular weight is 286 g/mol. The lowest BCUT2D eigenvalue weighted by atomic mass is 10.2. The zero-order valence-electron chi connectivity index (χ0n) is 11.5. The summed E-state index contributed by atoms with van der Waals surface area (Å²) in [5, 5.41) is 0.492. The Labute approximate surface area is 120 Å². The molecule has 0 unspecified atom stereocenters. The summed E-state index contributed by atoms with van der Waals surface area (Å²) in [7, 11) is 1.78. The van der Waals surface area contributed by atoms with E-state index in [-0.39, 0.29) is 5.56 Å². The SMILES string of the molecule is Cc1cc(Sc2nc3ccccc3o2)c(=O)n(C)c1C. The molecule has 0 saturated heterocycles. The second-order valence-electron chi connectivity index (χ2n) is 4.69. The van der Waals surface area contributed by atoms with Gasteiger partial charge < -0.3 is 8.98 Å². The van der Waals surface area contributed by atoms with Gasteiger partial charge in [0.25, 0.3) is 10.8 Å². The van der Waals surface area contributed by atoms with Crippen LogP contribution in [0.4, 0.5) is 0 Å². The lowest BCUT2D eigenvalue weighted by Gasteiger charge is -2.08. The Kier molecular flexibility index (Phi) is 3.14. The number of para-hydroxylation sites is 2. The maximum absolute atomic E-state index is 12.2. The van der Waals surface area contributed by atoms with E-state index >= 15 is 0 Å². The van der Waals surface area contributed by atoms with E-state index in [1.807, 2.05) is 44.2 Å². The van der Waals surface area contributed by atoms with Crippen LogP contribution >= 0.6 is 11.8 Å². The highest BCUT2D eigenvalue weighted by atomic mass is 32.2. The van der Waals surface area contributed by atoms with Gasteiger partial charge in [-0.05, 0) is 49.4 Å². The molecule has 2 aromatic heterocycles. The minimum absolute atomic E-state index is 0.0274. The first kappa shape index (κ1) is 13.0. The summed E-state index contributed by atoms with van der Waals surface area (Å²) in [6.45, 7) is 3.93. The standard InChI is InChI=1S/C15H14N2O2S/c1-9-8-13(14(18)17(3)10(9)2)20-15-16-11-6-4-5-7-12(11)19-15/h4-8H,1-3H3. The topological polar surface area (TPSA) is 48.0 Å².